The highest BCUT2D eigenvalue weighted by Crippen LogP contribution is 2.40. The summed E-state index contributed by atoms with van der Waals surface area (Å²) in [6, 6.07) is 1.90. The summed E-state index contributed by atoms with van der Waals surface area (Å²) < 4.78 is 0. The van der Waals surface area contributed by atoms with Crippen LogP contribution in [-0.4, -0.2) is 24.0 Å². The number of anilines is 1. The maximum atomic E-state index is 11.4. The molecular formula is C13H17N3O. The van der Waals surface area contributed by atoms with Crippen LogP contribution in [0.5, 0.6) is 0 Å². The van der Waals surface area contributed by atoms with Gasteiger partial charge in [-0.05, 0) is 30.7 Å². The van der Waals surface area contributed by atoms with Crippen molar-refractivity contribution in [3.63, 3.8) is 0 Å². The van der Waals surface area contributed by atoms with Crippen molar-refractivity contribution in [1.29, 1.82) is 0 Å². The fourth-order valence-corrected chi connectivity index (χ4v) is 3.28. The van der Waals surface area contributed by atoms with Crippen molar-refractivity contribution in [2.24, 2.45) is 17.6 Å². The second-order valence-electron chi connectivity index (χ2n) is 5.11. The SMILES string of the molecule is NC(=O)c1cnccc1N1CC2CCCC2C1. The number of rotatable bonds is 2. The second kappa shape index (κ2) is 4.02. The maximum absolute atomic E-state index is 11.4. The number of carbonyl (C=O) groups is 1. The van der Waals surface area contributed by atoms with Crippen molar-refractivity contribution >= 4 is 11.6 Å². The minimum absolute atomic E-state index is 0.384. The van der Waals surface area contributed by atoms with Crippen LogP contribution in [0.1, 0.15) is 29.6 Å². The van der Waals surface area contributed by atoms with Crippen molar-refractivity contribution < 1.29 is 4.79 Å². The molecule has 0 radical (unpaired) electrons. The zero-order valence-corrected chi connectivity index (χ0v) is 9.80. The van der Waals surface area contributed by atoms with Crippen LogP contribution in [0.15, 0.2) is 18.5 Å². The summed E-state index contributed by atoms with van der Waals surface area (Å²) in [7, 11) is 0. The van der Waals surface area contributed by atoms with Gasteiger partial charge in [0.2, 0.25) is 0 Å². The van der Waals surface area contributed by atoms with Crippen LogP contribution in [0.3, 0.4) is 0 Å². The number of primary amides is 1. The molecule has 4 nitrogen and oxygen atoms in total. The molecule has 90 valence electrons. The fraction of sp³-hybridized carbons (Fsp3) is 0.538. The minimum Gasteiger partial charge on any atom is -0.370 e. The van der Waals surface area contributed by atoms with Gasteiger partial charge in [0, 0.05) is 25.5 Å². The van der Waals surface area contributed by atoms with Crippen LogP contribution in [0.4, 0.5) is 5.69 Å². The van der Waals surface area contributed by atoms with Gasteiger partial charge in [-0.1, -0.05) is 6.42 Å². The van der Waals surface area contributed by atoms with Gasteiger partial charge in [-0.3, -0.25) is 9.78 Å². The average molecular weight is 231 g/mol. The molecule has 1 saturated carbocycles. The van der Waals surface area contributed by atoms with E-state index in [4.69, 9.17) is 5.73 Å². The smallest absolute Gasteiger partial charge is 0.252 e. The van der Waals surface area contributed by atoms with E-state index in [0.29, 0.717) is 5.56 Å². The first-order valence-corrected chi connectivity index (χ1v) is 6.24. The predicted octanol–water partition coefficient (Wildman–Crippen LogP) is 1.42. The molecule has 1 saturated heterocycles. The summed E-state index contributed by atoms with van der Waals surface area (Å²) in [6.07, 6.45) is 7.33. The van der Waals surface area contributed by atoms with Crippen LogP contribution in [-0.2, 0) is 0 Å². The van der Waals surface area contributed by atoms with E-state index >= 15 is 0 Å². The number of nitrogens with zero attached hydrogens (tertiary/aromatic N) is 2. The fourth-order valence-electron chi connectivity index (χ4n) is 3.28. The van der Waals surface area contributed by atoms with Crippen molar-refractivity contribution in [1.82, 2.24) is 4.98 Å². The molecule has 2 unspecified atom stereocenters. The molecule has 2 aliphatic rings. The van der Waals surface area contributed by atoms with Crippen LogP contribution in [0.2, 0.25) is 0 Å². The Morgan fingerprint density at radius 3 is 2.71 bits per heavy atom. The van der Waals surface area contributed by atoms with Gasteiger partial charge in [-0.15, -0.1) is 0 Å². The summed E-state index contributed by atoms with van der Waals surface area (Å²) in [5.74, 6) is 1.23. The molecule has 1 aromatic heterocycles. The first kappa shape index (κ1) is 10.6. The van der Waals surface area contributed by atoms with E-state index in [1.165, 1.54) is 19.3 Å². The third-order valence-electron chi connectivity index (χ3n) is 4.13. The molecule has 0 spiro atoms. The first-order valence-electron chi connectivity index (χ1n) is 6.24. The Kier molecular flexibility index (Phi) is 2.50. The van der Waals surface area contributed by atoms with Gasteiger partial charge in [-0.25, -0.2) is 0 Å². The Morgan fingerprint density at radius 2 is 2.06 bits per heavy atom. The van der Waals surface area contributed by atoms with Crippen molar-refractivity contribution in [3.8, 4) is 0 Å². The normalized spacial score (nSPS) is 27.2. The van der Waals surface area contributed by atoms with Gasteiger partial charge < -0.3 is 10.6 Å². The molecule has 2 fully saturated rings. The number of fused-ring (bicyclic) bond motifs is 1. The van der Waals surface area contributed by atoms with E-state index in [1.54, 1.807) is 12.4 Å². The number of pyridine rings is 1. The van der Waals surface area contributed by atoms with Crippen molar-refractivity contribution in [2.45, 2.75) is 19.3 Å². The number of hydrogen-bond donors (Lipinski definition) is 1. The number of aromatic nitrogens is 1. The lowest BCUT2D eigenvalue weighted by molar-refractivity contribution is 0.100. The van der Waals surface area contributed by atoms with E-state index in [0.717, 1.165) is 30.6 Å². The summed E-state index contributed by atoms with van der Waals surface area (Å²) in [5, 5.41) is 0. The molecule has 2 N–H and O–H groups in total. The lowest BCUT2D eigenvalue weighted by Crippen LogP contribution is -2.25. The van der Waals surface area contributed by atoms with Crippen LogP contribution < -0.4 is 10.6 Å². The minimum atomic E-state index is -0.384. The molecule has 1 aromatic rings. The van der Waals surface area contributed by atoms with Gasteiger partial charge in [0.25, 0.3) is 5.91 Å². The van der Waals surface area contributed by atoms with Gasteiger partial charge in [0.05, 0.1) is 11.3 Å². The molecule has 4 heteroatoms. The second-order valence-corrected chi connectivity index (χ2v) is 5.11. The molecule has 2 heterocycles. The summed E-state index contributed by atoms with van der Waals surface area (Å²) in [4.78, 5) is 17.7. The molecule has 0 bridgehead atoms. The largest absolute Gasteiger partial charge is 0.370 e. The molecule has 1 amide bonds. The monoisotopic (exact) mass is 231 g/mol. The van der Waals surface area contributed by atoms with Gasteiger partial charge in [0.1, 0.15) is 0 Å². The Labute approximate surface area is 101 Å². The Hall–Kier alpha value is -1.58. The lowest BCUT2D eigenvalue weighted by atomic mass is 10.0. The number of carbonyl (C=O) groups excluding carboxylic acids is 1. The third-order valence-corrected chi connectivity index (χ3v) is 4.13. The van der Waals surface area contributed by atoms with Gasteiger partial charge in [0.15, 0.2) is 0 Å². The maximum Gasteiger partial charge on any atom is 0.252 e. The number of amides is 1. The number of hydrogen-bond acceptors (Lipinski definition) is 3. The molecule has 3 rings (SSSR count). The molecule has 1 aliphatic carbocycles. The van der Waals surface area contributed by atoms with E-state index < -0.39 is 0 Å². The Morgan fingerprint density at radius 1 is 1.35 bits per heavy atom. The van der Waals surface area contributed by atoms with E-state index in [-0.39, 0.29) is 5.91 Å². The zero-order valence-electron chi connectivity index (χ0n) is 9.80. The molecule has 2 atom stereocenters. The molecular weight excluding hydrogens is 214 g/mol. The highest BCUT2D eigenvalue weighted by molar-refractivity contribution is 5.98. The third kappa shape index (κ3) is 1.77. The van der Waals surface area contributed by atoms with E-state index in [1.807, 2.05) is 6.07 Å². The van der Waals surface area contributed by atoms with Gasteiger partial charge in [-0.2, -0.15) is 0 Å². The summed E-state index contributed by atoms with van der Waals surface area (Å²) in [6.45, 7) is 2.13. The highest BCUT2D eigenvalue weighted by Gasteiger charge is 2.36. The Balaban J connectivity index is 1.88. The van der Waals surface area contributed by atoms with Gasteiger partial charge >= 0.3 is 0 Å². The molecule has 0 aromatic carbocycles. The highest BCUT2D eigenvalue weighted by atomic mass is 16.1. The Bertz CT molecular complexity index is 434. The van der Waals surface area contributed by atoms with E-state index in [2.05, 4.69) is 9.88 Å². The molecule has 17 heavy (non-hydrogen) atoms. The predicted molar refractivity (Wildman–Crippen MR) is 65.8 cm³/mol. The zero-order chi connectivity index (χ0) is 11.8. The summed E-state index contributed by atoms with van der Waals surface area (Å²) >= 11 is 0. The van der Waals surface area contributed by atoms with Crippen LogP contribution >= 0.6 is 0 Å². The van der Waals surface area contributed by atoms with Crippen molar-refractivity contribution in [3.05, 3.63) is 24.0 Å². The topological polar surface area (TPSA) is 59.2 Å². The van der Waals surface area contributed by atoms with Crippen molar-refractivity contribution in [2.75, 3.05) is 18.0 Å². The number of nitrogens with two attached hydrogens (primary N) is 1. The molecule has 1 aliphatic heterocycles. The van der Waals surface area contributed by atoms with E-state index in [9.17, 15) is 4.79 Å². The first-order chi connectivity index (χ1) is 8.25. The lowest BCUT2D eigenvalue weighted by Gasteiger charge is -2.21. The standard InChI is InChI=1S/C13H17N3O/c14-13(17)11-6-15-5-4-12(11)16-7-9-2-1-3-10(9)8-16/h4-6,9-10H,1-3,7-8H2,(H2,14,17). The van der Waals surface area contributed by atoms with Crippen LogP contribution in [0.25, 0.3) is 0 Å². The summed E-state index contributed by atoms with van der Waals surface area (Å²) in [5.41, 5.74) is 6.90. The average Bonchev–Trinajstić information content (AvgIpc) is 2.88. The van der Waals surface area contributed by atoms with Crippen LogP contribution in [0, 0.1) is 11.8 Å². The quantitative estimate of drug-likeness (QED) is 0.837.